The van der Waals surface area contributed by atoms with Crippen molar-refractivity contribution in [1.29, 1.82) is 0 Å². The van der Waals surface area contributed by atoms with Crippen LogP contribution in [0, 0.1) is 5.82 Å². The van der Waals surface area contributed by atoms with Gasteiger partial charge in [0.25, 0.3) is 0 Å². The quantitative estimate of drug-likeness (QED) is 0.701. The lowest BCUT2D eigenvalue weighted by molar-refractivity contribution is -0.113. The molecule has 0 spiro atoms. The van der Waals surface area contributed by atoms with Crippen LogP contribution in [-0.2, 0) is 11.2 Å². The number of amides is 1. The number of carbonyl (C=O) groups is 1. The molecule has 0 saturated carbocycles. The van der Waals surface area contributed by atoms with E-state index in [1.54, 1.807) is 6.07 Å². The minimum Gasteiger partial charge on any atom is -0.398 e. The zero-order valence-electron chi connectivity index (χ0n) is 10.8. The standard InChI is InChI=1S/C9H9FN2O.C7H6/c10-7-4-2-1-3-6(7)8(11)5-9(12)13;1-2-4-7-5-6(7)3-1/h1-5H,11H2,(H2,12,13);1-4H,5H2/b8-5-;. The molecule has 0 atom stereocenters. The van der Waals surface area contributed by atoms with E-state index in [4.69, 9.17) is 11.5 Å². The second-order valence-corrected chi connectivity index (χ2v) is 4.43. The molecule has 0 aromatic heterocycles. The van der Waals surface area contributed by atoms with Crippen LogP contribution < -0.4 is 11.5 Å². The van der Waals surface area contributed by atoms with E-state index in [1.807, 2.05) is 0 Å². The lowest BCUT2D eigenvalue weighted by Gasteiger charge is -2.01. The number of hydrogen-bond donors (Lipinski definition) is 2. The first-order chi connectivity index (χ1) is 9.58. The van der Waals surface area contributed by atoms with Crippen LogP contribution in [0.15, 0.2) is 54.6 Å². The maximum atomic E-state index is 13.0. The molecule has 0 unspecified atom stereocenters. The van der Waals surface area contributed by atoms with E-state index in [0.717, 1.165) is 6.08 Å². The van der Waals surface area contributed by atoms with Crippen LogP contribution in [0.3, 0.4) is 0 Å². The van der Waals surface area contributed by atoms with Crippen LogP contribution >= 0.6 is 0 Å². The van der Waals surface area contributed by atoms with Gasteiger partial charge < -0.3 is 11.5 Å². The van der Waals surface area contributed by atoms with Gasteiger partial charge in [-0.05, 0) is 29.7 Å². The summed E-state index contributed by atoms with van der Waals surface area (Å²) in [7, 11) is 0. The predicted octanol–water partition coefficient (Wildman–Crippen LogP) is 2.20. The summed E-state index contributed by atoms with van der Waals surface area (Å²) >= 11 is 0. The molecule has 20 heavy (non-hydrogen) atoms. The van der Waals surface area contributed by atoms with Gasteiger partial charge in [-0.2, -0.15) is 0 Å². The fourth-order valence-corrected chi connectivity index (χ4v) is 1.76. The van der Waals surface area contributed by atoms with Crippen molar-refractivity contribution in [3.05, 3.63) is 77.1 Å². The second kappa shape index (κ2) is 6.02. The summed E-state index contributed by atoms with van der Waals surface area (Å²) in [4.78, 5) is 10.4. The van der Waals surface area contributed by atoms with Crippen LogP contribution in [-0.4, -0.2) is 5.91 Å². The topological polar surface area (TPSA) is 69.1 Å². The highest BCUT2D eigenvalue weighted by molar-refractivity contribution is 5.93. The summed E-state index contributed by atoms with van der Waals surface area (Å²) in [6.07, 6.45) is 2.23. The third-order valence-corrected chi connectivity index (χ3v) is 2.86. The Labute approximate surface area is 116 Å². The summed E-state index contributed by atoms with van der Waals surface area (Å²) in [6.45, 7) is 0. The molecule has 1 amide bonds. The highest BCUT2D eigenvalue weighted by atomic mass is 19.1. The summed E-state index contributed by atoms with van der Waals surface area (Å²) in [6, 6.07) is 14.4. The molecular formula is C16H15FN2O. The molecule has 4 heteroatoms. The van der Waals surface area contributed by atoms with E-state index in [0.29, 0.717) is 0 Å². The molecule has 0 fully saturated rings. The van der Waals surface area contributed by atoms with Gasteiger partial charge in [-0.15, -0.1) is 0 Å². The van der Waals surface area contributed by atoms with Crippen molar-refractivity contribution in [1.82, 2.24) is 0 Å². The molecule has 102 valence electrons. The molecule has 1 aliphatic rings. The number of carbonyl (C=O) groups excluding carboxylic acids is 1. The Kier molecular flexibility index (Phi) is 4.15. The Bertz CT molecular complexity index is 644. The molecule has 2 aromatic carbocycles. The van der Waals surface area contributed by atoms with E-state index >= 15 is 0 Å². The van der Waals surface area contributed by atoms with Crippen LogP contribution in [0.25, 0.3) is 5.70 Å². The molecule has 3 rings (SSSR count). The molecule has 2 aromatic rings. The highest BCUT2D eigenvalue weighted by Gasteiger charge is 2.12. The molecule has 0 saturated heterocycles. The number of benzene rings is 2. The Balaban J connectivity index is 0.000000173. The minimum absolute atomic E-state index is 0.0330. The first-order valence-corrected chi connectivity index (χ1v) is 6.16. The molecule has 0 heterocycles. The molecule has 1 aliphatic carbocycles. The Morgan fingerprint density at radius 2 is 1.55 bits per heavy atom. The van der Waals surface area contributed by atoms with Crippen molar-refractivity contribution in [2.75, 3.05) is 0 Å². The third kappa shape index (κ3) is 3.68. The Morgan fingerprint density at radius 3 is 2.05 bits per heavy atom. The van der Waals surface area contributed by atoms with Gasteiger partial charge in [-0.1, -0.05) is 36.4 Å². The maximum Gasteiger partial charge on any atom is 0.243 e. The van der Waals surface area contributed by atoms with Crippen molar-refractivity contribution < 1.29 is 9.18 Å². The zero-order chi connectivity index (χ0) is 14.5. The van der Waals surface area contributed by atoms with Crippen molar-refractivity contribution >= 4 is 11.6 Å². The third-order valence-electron chi connectivity index (χ3n) is 2.86. The van der Waals surface area contributed by atoms with Crippen LogP contribution in [0.2, 0.25) is 0 Å². The minimum atomic E-state index is -0.694. The fraction of sp³-hybridized carbons (Fsp3) is 0.0625. The van der Waals surface area contributed by atoms with Crippen molar-refractivity contribution in [3.8, 4) is 0 Å². The SMILES string of the molecule is NC(=O)/C=C(\N)c1ccccc1F.c1ccc2c(c1)C2. The van der Waals surface area contributed by atoms with E-state index in [2.05, 4.69) is 24.3 Å². The number of halogens is 1. The normalized spacial score (nSPS) is 11.9. The van der Waals surface area contributed by atoms with E-state index in [-0.39, 0.29) is 11.3 Å². The zero-order valence-corrected chi connectivity index (χ0v) is 10.8. The van der Waals surface area contributed by atoms with Crippen LogP contribution in [0.5, 0.6) is 0 Å². The highest BCUT2D eigenvalue weighted by Crippen LogP contribution is 2.25. The molecule has 0 aliphatic heterocycles. The molecule has 3 nitrogen and oxygen atoms in total. The fourth-order valence-electron chi connectivity index (χ4n) is 1.76. The Hall–Kier alpha value is -2.62. The molecule has 0 radical (unpaired) electrons. The second-order valence-electron chi connectivity index (χ2n) is 4.43. The van der Waals surface area contributed by atoms with Gasteiger partial charge in [0.05, 0.1) is 0 Å². The monoisotopic (exact) mass is 270 g/mol. The van der Waals surface area contributed by atoms with Gasteiger partial charge in [-0.25, -0.2) is 4.39 Å². The number of nitrogens with two attached hydrogens (primary N) is 2. The number of hydrogen-bond acceptors (Lipinski definition) is 2. The average molecular weight is 270 g/mol. The van der Waals surface area contributed by atoms with Gasteiger partial charge in [0, 0.05) is 17.3 Å². The van der Waals surface area contributed by atoms with Crippen LogP contribution in [0.1, 0.15) is 16.7 Å². The van der Waals surface area contributed by atoms with Crippen molar-refractivity contribution in [3.63, 3.8) is 0 Å². The van der Waals surface area contributed by atoms with Gasteiger partial charge >= 0.3 is 0 Å². The van der Waals surface area contributed by atoms with E-state index in [1.165, 1.54) is 35.7 Å². The van der Waals surface area contributed by atoms with Crippen molar-refractivity contribution in [2.45, 2.75) is 6.42 Å². The van der Waals surface area contributed by atoms with Gasteiger partial charge in [0.1, 0.15) is 5.82 Å². The van der Waals surface area contributed by atoms with Crippen molar-refractivity contribution in [2.24, 2.45) is 11.5 Å². The first-order valence-electron chi connectivity index (χ1n) is 6.16. The number of primary amides is 1. The lowest BCUT2D eigenvalue weighted by Crippen LogP contribution is -2.10. The lowest BCUT2D eigenvalue weighted by atomic mass is 10.1. The van der Waals surface area contributed by atoms with Gasteiger partial charge in [-0.3, -0.25) is 4.79 Å². The number of rotatable bonds is 2. The maximum absolute atomic E-state index is 13.0. The summed E-state index contributed by atoms with van der Waals surface area (Å²) in [5.41, 5.74) is 13.6. The van der Waals surface area contributed by atoms with Gasteiger partial charge in [0.15, 0.2) is 0 Å². The largest absolute Gasteiger partial charge is 0.398 e. The Morgan fingerprint density at radius 1 is 1.00 bits per heavy atom. The summed E-state index contributed by atoms with van der Waals surface area (Å²) in [5, 5.41) is 0. The van der Waals surface area contributed by atoms with E-state index < -0.39 is 11.7 Å². The van der Waals surface area contributed by atoms with E-state index in [9.17, 15) is 9.18 Å². The molecule has 0 bridgehead atoms. The predicted molar refractivity (Wildman–Crippen MR) is 77.0 cm³/mol. The smallest absolute Gasteiger partial charge is 0.243 e. The van der Waals surface area contributed by atoms with Gasteiger partial charge in [0.2, 0.25) is 5.91 Å². The molecule has 4 N–H and O–H groups in total. The molecular weight excluding hydrogens is 255 g/mol. The number of fused-ring (bicyclic) bond motifs is 1. The van der Waals surface area contributed by atoms with Crippen LogP contribution in [0.4, 0.5) is 4.39 Å². The first kappa shape index (κ1) is 13.8. The summed E-state index contributed by atoms with van der Waals surface area (Å²) in [5.74, 6) is -1.17. The summed E-state index contributed by atoms with van der Waals surface area (Å²) < 4.78 is 13.0. The average Bonchev–Trinajstić information content (AvgIpc) is 3.18.